The van der Waals surface area contributed by atoms with Gasteiger partial charge in [-0.25, -0.2) is 0 Å². The Bertz CT molecular complexity index is 1840. The van der Waals surface area contributed by atoms with Crippen molar-refractivity contribution < 1.29 is 0 Å². The monoisotopic (exact) mass is 563 g/mol. The van der Waals surface area contributed by atoms with E-state index >= 15 is 0 Å². The number of hydrogen-bond donors (Lipinski definition) is 1. The molecular weight excluding hydrogens is 530 g/mol. The number of para-hydroxylation sites is 2. The van der Waals surface area contributed by atoms with E-state index in [1.807, 2.05) is 0 Å². The maximum Gasteiger partial charge on any atom is 0.0464 e. The molecule has 0 atom stereocenters. The van der Waals surface area contributed by atoms with Crippen LogP contribution in [-0.2, 0) is 6.42 Å². The Morgan fingerprint density at radius 1 is 0.273 bits per heavy atom. The Balaban J connectivity index is 1.18. The predicted octanol–water partition coefficient (Wildman–Crippen LogP) is 11.7. The lowest BCUT2D eigenvalue weighted by Crippen LogP contribution is -1.96. The molecule has 1 N–H and O–H groups in total. The third kappa shape index (κ3) is 5.82. The molecule has 7 rings (SSSR count). The highest BCUT2D eigenvalue weighted by atomic mass is 14.9. The van der Waals surface area contributed by atoms with Gasteiger partial charge in [0, 0.05) is 22.5 Å². The Labute approximate surface area is 260 Å². The molecule has 7 aromatic rings. The van der Waals surface area contributed by atoms with Crippen molar-refractivity contribution >= 4 is 11.4 Å². The fourth-order valence-corrected chi connectivity index (χ4v) is 6.01. The summed E-state index contributed by atoms with van der Waals surface area (Å²) in [6, 6.07) is 64.8. The minimum Gasteiger partial charge on any atom is -0.355 e. The Hall–Kier alpha value is -5.66. The van der Waals surface area contributed by atoms with Gasteiger partial charge in [0.2, 0.25) is 0 Å². The lowest BCUT2D eigenvalue weighted by atomic mass is 9.90. The van der Waals surface area contributed by atoms with Gasteiger partial charge < -0.3 is 5.32 Å². The summed E-state index contributed by atoms with van der Waals surface area (Å²) in [6.45, 7) is 0. The molecule has 1 nitrogen and oxygen atoms in total. The van der Waals surface area contributed by atoms with Crippen LogP contribution in [-0.4, -0.2) is 0 Å². The molecule has 0 fully saturated rings. The van der Waals surface area contributed by atoms with Crippen LogP contribution in [0.2, 0.25) is 0 Å². The first-order chi connectivity index (χ1) is 21.8. The summed E-state index contributed by atoms with van der Waals surface area (Å²) >= 11 is 0. The molecule has 0 radical (unpaired) electrons. The molecule has 0 aromatic heterocycles. The molecule has 210 valence electrons. The zero-order chi connectivity index (χ0) is 29.6. The summed E-state index contributed by atoms with van der Waals surface area (Å²) in [5.74, 6) is 0. The average Bonchev–Trinajstić information content (AvgIpc) is 3.10. The van der Waals surface area contributed by atoms with Gasteiger partial charge in [0.25, 0.3) is 0 Å². The van der Waals surface area contributed by atoms with Gasteiger partial charge in [-0.1, -0.05) is 170 Å². The van der Waals surface area contributed by atoms with Crippen LogP contribution in [0.4, 0.5) is 11.4 Å². The van der Waals surface area contributed by atoms with Crippen molar-refractivity contribution in [3.8, 4) is 44.5 Å². The van der Waals surface area contributed by atoms with E-state index in [9.17, 15) is 0 Å². The first kappa shape index (κ1) is 27.2. The zero-order valence-corrected chi connectivity index (χ0v) is 24.5. The molecule has 0 aliphatic heterocycles. The highest BCUT2D eigenvalue weighted by molar-refractivity contribution is 5.87. The van der Waals surface area contributed by atoms with Crippen molar-refractivity contribution in [2.75, 3.05) is 5.32 Å². The molecule has 0 saturated carbocycles. The van der Waals surface area contributed by atoms with E-state index in [1.54, 1.807) is 0 Å². The molecule has 0 heterocycles. The molecule has 0 spiro atoms. The number of hydrogen-bond acceptors (Lipinski definition) is 1. The van der Waals surface area contributed by atoms with Crippen LogP contribution in [0.15, 0.2) is 182 Å². The van der Waals surface area contributed by atoms with E-state index in [0.29, 0.717) is 0 Å². The third-order valence-corrected chi connectivity index (χ3v) is 8.22. The Kier molecular flexibility index (Phi) is 7.84. The molecule has 0 aliphatic rings. The summed E-state index contributed by atoms with van der Waals surface area (Å²) in [7, 11) is 0. The van der Waals surface area contributed by atoms with Gasteiger partial charge in [-0.2, -0.15) is 0 Å². The van der Waals surface area contributed by atoms with Gasteiger partial charge in [0.1, 0.15) is 0 Å². The van der Waals surface area contributed by atoms with E-state index in [1.165, 1.54) is 55.6 Å². The van der Waals surface area contributed by atoms with Crippen LogP contribution >= 0.6 is 0 Å². The summed E-state index contributed by atoms with van der Waals surface area (Å²) in [5.41, 5.74) is 14.6. The minimum absolute atomic E-state index is 0.872. The van der Waals surface area contributed by atoms with Crippen LogP contribution in [0, 0.1) is 0 Å². The molecule has 1 heteroatoms. The van der Waals surface area contributed by atoms with Crippen LogP contribution in [0.5, 0.6) is 0 Å². The van der Waals surface area contributed by atoms with Crippen LogP contribution in [0.1, 0.15) is 11.1 Å². The van der Waals surface area contributed by atoms with Crippen LogP contribution in [0.25, 0.3) is 44.5 Å². The fourth-order valence-electron chi connectivity index (χ4n) is 6.01. The van der Waals surface area contributed by atoms with Crippen molar-refractivity contribution in [1.82, 2.24) is 0 Å². The summed E-state index contributed by atoms with van der Waals surface area (Å²) in [4.78, 5) is 0. The molecule has 0 bridgehead atoms. The number of benzene rings is 7. The molecular formula is C43H33N. The fraction of sp³-hybridized carbons (Fsp3) is 0.0233. The van der Waals surface area contributed by atoms with Crippen LogP contribution < -0.4 is 5.32 Å². The maximum atomic E-state index is 3.74. The summed E-state index contributed by atoms with van der Waals surface area (Å²) in [6.07, 6.45) is 0.872. The van der Waals surface area contributed by atoms with Gasteiger partial charge in [0.05, 0.1) is 0 Å². The number of rotatable bonds is 8. The van der Waals surface area contributed by atoms with Crippen molar-refractivity contribution in [2.45, 2.75) is 6.42 Å². The molecule has 7 aromatic carbocycles. The van der Waals surface area contributed by atoms with Crippen molar-refractivity contribution in [3.05, 3.63) is 193 Å². The lowest BCUT2D eigenvalue weighted by Gasteiger charge is -2.16. The van der Waals surface area contributed by atoms with Gasteiger partial charge in [-0.15, -0.1) is 0 Å². The molecule has 0 saturated heterocycles. The van der Waals surface area contributed by atoms with E-state index in [2.05, 4.69) is 187 Å². The van der Waals surface area contributed by atoms with Gasteiger partial charge >= 0.3 is 0 Å². The molecule has 0 unspecified atom stereocenters. The van der Waals surface area contributed by atoms with E-state index in [0.717, 1.165) is 17.8 Å². The van der Waals surface area contributed by atoms with Crippen molar-refractivity contribution in [3.63, 3.8) is 0 Å². The SMILES string of the molecule is c1ccc(-c2ccccc2Cc2ccccc2-c2ccc(-c3ccccc3Nc3ccccc3-c3ccccc3)cc2)cc1. The smallest absolute Gasteiger partial charge is 0.0464 e. The Morgan fingerprint density at radius 3 is 1.07 bits per heavy atom. The van der Waals surface area contributed by atoms with Gasteiger partial charge in [-0.05, 0) is 63.1 Å². The van der Waals surface area contributed by atoms with E-state index < -0.39 is 0 Å². The normalized spacial score (nSPS) is 10.8. The predicted molar refractivity (Wildman–Crippen MR) is 187 cm³/mol. The summed E-state index contributed by atoms with van der Waals surface area (Å²) < 4.78 is 0. The van der Waals surface area contributed by atoms with Gasteiger partial charge in [-0.3, -0.25) is 0 Å². The first-order valence-electron chi connectivity index (χ1n) is 15.2. The second-order valence-electron chi connectivity index (χ2n) is 11.0. The first-order valence-corrected chi connectivity index (χ1v) is 15.2. The average molecular weight is 564 g/mol. The van der Waals surface area contributed by atoms with Crippen LogP contribution in [0.3, 0.4) is 0 Å². The Morgan fingerprint density at radius 2 is 0.591 bits per heavy atom. The molecule has 0 amide bonds. The lowest BCUT2D eigenvalue weighted by molar-refractivity contribution is 1.20. The second kappa shape index (κ2) is 12.7. The molecule has 44 heavy (non-hydrogen) atoms. The quantitative estimate of drug-likeness (QED) is 0.194. The summed E-state index contributed by atoms with van der Waals surface area (Å²) in [5, 5.41) is 3.74. The largest absolute Gasteiger partial charge is 0.355 e. The van der Waals surface area contributed by atoms with Crippen molar-refractivity contribution in [2.24, 2.45) is 0 Å². The topological polar surface area (TPSA) is 12.0 Å². The zero-order valence-electron chi connectivity index (χ0n) is 24.5. The highest BCUT2D eigenvalue weighted by Crippen LogP contribution is 2.36. The highest BCUT2D eigenvalue weighted by Gasteiger charge is 2.12. The number of nitrogens with one attached hydrogen (secondary N) is 1. The van der Waals surface area contributed by atoms with Gasteiger partial charge in [0.15, 0.2) is 0 Å². The third-order valence-electron chi connectivity index (χ3n) is 8.22. The van der Waals surface area contributed by atoms with Crippen molar-refractivity contribution in [1.29, 1.82) is 0 Å². The standard InChI is InChI=1S/C43H33N/c1-3-15-32(16-4-1)38-21-9-7-19-36(38)31-37-20-8-10-22-39(37)34-27-29-35(30-28-34)41-24-12-14-26-43(41)44-42-25-13-11-23-40(42)33-17-5-2-6-18-33/h1-30,44H,31H2. The minimum atomic E-state index is 0.872. The number of anilines is 2. The van der Waals surface area contributed by atoms with E-state index in [-0.39, 0.29) is 0 Å². The van der Waals surface area contributed by atoms with E-state index in [4.69, 9.17) is 0 Å². The maximum absolute atomic E-state index is 3.74. The second-order valence-corrected chi connectivity index (χ2v) is 11.0. The molecule has 0 aliphatic carbocycles.